The number of hydrogen-bond donors (Lipinski definition) is 0. The van der Waals surface area contributed by atoms with Crippen LogP contribution in [0.1, 0.15) is 0 Å². The average Bonchev–Trinajstić information content (AvgIpc) is 3.33. The van der Waals surface area contributed by atoms with Crippen molar-refractivity contribution in [2.24, 2.45) is 0 Å². The molecule has 1 nitrogen and oxygen atoms in total. The highest BCUT2D eigenvalue weighted by atomic mass is 15.0. The minimum Gasteiger partial charge on any atom is -0.309 e. The van der Waals surface area contributed by atoms with E-state index in [1.807, 2.05) is 0 Å². The Morgan fingerprint density at radius 3 is 1.86 bits per heavy atom. The van der Waals surface area contributed by atoms with Gasteiger partial charge >= 0.3 is 0 Å². The van der Waals surface area contributed by atoms with Crippen LogP contribution in [-0.4, -0.2) is 4.57 Å². The normalized spacial score (nSPS) is 11.8. The maximum atomic E-state index is 2.47. The monoisotopic (exact) mass is 469 g/mol. The summed E-state index contributed by atoms with van der Waals surface area (Å²) < 4.78 is 2.47. The average molecular weight is 470 g/mol. The van der Waals surface area contributed by atoms with Crippen molar-refractivity contribution in [2.45, 2.75) is 0 Å². The Labute approximate surface area is 214 Å². The smallest absolute Gasteiger partial charge is 0.0626 e. The van der Waals surface area contributed by atoms with Crippen molar-refractivity contribution in [1.82, 2.24) is 4.57 Å². The van der Waals surface area contributed by atoms with Crippen LogP contribution in [0.15, 0.2) is 140 Å². The molecule has 0 aliphatic carbocycles. The van der Waals surface area contributed by atoms with Crippen LogP contribution in [-0.2, 0) is 0 Å². The van der Waals surface area contributed by atoms with Gasteiger partial charge in [0.25, 0.3) is 0 Å². The summed E-state index contributed by atoms with van der Waals surface area (Å²) in [5.41, 5.74) is 6.13. The quantitative estimate of drug-likeness (QED) is 0.222. The molecule has 8 aromatic rings. The molecule has 0 unspecified atom stereocenters. The summed E-state index contributed by atoms with van der Waals surface area (Å²) in [5, 5.41) is 10.4. The zero-order chi connectivity index (χ0) is 24.3. The molecule has 0 atom stereocenters. The SMILES string of the molecule is c1ccc(-c2cccc(-n3c4ccccc4c4c5ccccc5c5c6ccccc6ccc5c43)c2)cc1. The van der Waals surface area contributed by atoms with Gasteiger partial charge < -0.3 is 4.57 Å². The van der Waals surface area contributed by atoms with Crippen LogP contribution in [0.3, 0.4) is 0 Å². The molecule has 7 aromatic carbocycles. The van der Waals surface area contributed by atoms with Gasteiger partial charge in [0.1, 0.15) is 0 Å². The second-order valence-electron chi connectivity index (χ2n) is 9.75. The third-order valence-electron chi connectivity index (χ3n) is 7.74. The van der Waals surface area contributed by atoms with Crippen molar-refractivity contribution in [1.29, 1.82) is 0 Å². The number of fused-ring (bicyclic) bond motifs is 10. The summed E-state index contributed by atoms with van der Waals surface area (Å²) in [6.45, 7) is 0. The molecule has 0 aliphatic rings. The Hall–Kier alpha value is -4.88. The van der Waals surface area contributed by atoms with E-state index in [0.29, 0.717) is 0 Å². The first-order chi connectivity index (χ1) is 18.4. The molecule has 0 amide bonds. The van der Waals surface area contributed by atoms with Crippen molar-refractivity contribution in [3.63, 3.8) is 0 Å². The van der Waals surface area contributed by atoms with Crippen LogP contribution in [0.25, 0.3) is 70.9 Å². The zero-order valence-electron chi connectivity index (χ0n) is 20.2. The number of rotatable bonds is 2. The van der Waals surface area contributed by atoms with Gasteiger partial charge in [-0.3, -0.25) is 0 Å². The minimum atomic E-state index is 1.18. The van der Waals surface area contributed by atoms with Gasteiger partial charge in [0, 0.05) is 21.8 Å². The molecule has 0 saturated heterocycles. The Morgan fingerprint density at radius 1 is 0.378 bits per heavy atom. The van der Waals surface area contributed by atoms with Crippen LogP contribution in [0, 0.1) is 0 Å². The molecule has 8 rings (SSSR count). The first-order valence-corrected chi connectivity index (χ1v) is 12.8. The van der Waals surface area contributed by atoms with Crippen LogP contribution in [0.5, 0.6) is 0 Å². The highest BCUT2D eigenvalue weighted by Gasteiger charge is 2.19. The Balaban J connectivity index is 1.61. The van der Waals surface area contributed by atoms with Crippen LogP contribution in [0.4, 0.5) is 0 Å². The second-order valence-corrected chi connectivity index (χ2v) is 9.75. The fraction of sp³-hybridized carbons (Fsp3) is 0. The summed E-state index contributed by atoms with van der Waals surface area (Å²) in [4.78, 5) is 0. The summed E-state index contributed by atoms with van der Waals surface area (Å²) in [6, 6.07) is 50.7. The van der Waals surface area contributed by atoms with Gasteiger partial charge in [-0.05, 0) is 56.3 Å². The van der Waals surface area contributed by atoms with Crippen LogP contribution in [0.2, 0.25) is 0 Å². The first kappa shape index (κ1) is 20.3. The summed E-state index contributed by atoms with van der Waals surface area (Å²) in [6.07, 6.45) is 0. The standard InChI is InChI=1S/C36H23N/c1-2-11-24(12-3-1)26-14-10-15-27(23-26)37-33-20-9-8-19-31(33)35-30-18-7-6-17-29(30)34-28-16-5-4-13-25(28)21-22-32(34)36(35)37/h1-23H. The number of para-hydroxylation sites is 1. The van der Waals surface area contributed by atoms with Crippen molar-refractivity contribution < 1.29 is 0 Å². The maximum Gasteiger partial charge on any atom is 0.0626 e. The predicted octanol–water partition coefficient (Wildman–Crippen LogP) is 9.91. The molecule has 0 spiro atoms. The van der Waals surface area contributed by atoms with E-state index in [1.165, 1.54) is 70.9 Å². The summed E-state index contributed by atoms with van der Waals surface area (Å²) in [5.74, 6) is 0. The van der Waals surface area contributed by atoms with Gasteiger partial charge in [-0.2, -0.15) is 0 Å². The molecule has 0 radical (unpaired) electrons. The number of aromatic nitrogens is 1. The molecule has 1 heteroatoms. The molecule has 1 heterocycles. The summed E-state index contributed by atoms with van der Waals surface area (Å²) in [7, 11) is 0. The van der Waals surface area contributed by atoms with E-state index < -0.39 is 0 Å². The van der Waals surface area contributed by atoms with E-state index in [9.17, 15) is 0 Å². The Morgan fingerprint density at radius 2 is 1.03 bits per heavy atom. The van der Waals surface area contributed by atoms with Gasteiger partial charge in [-0.15, -0.1) is 0 Å². The molecule has 172 valence electrons. The number of hydrogen-bond acceptors (Lipinski definition) is 0. The lowest BCUT2D eigenvalue weighted by atomic mass is 9.93. The van der Waals surface area contributed by atoms with E-state index in [0.717, 1.165) is 0 Å². The van der Waals surface area contributed by atoms with Gasteiger partial charge in [0.2, 0.25) is 0 Å². The molecule has 37 heavy (non-hydrogen) atoms. The summed E-state index contributed by atoms with van der Waals surface area (Å²) >= 11 is 0. The molecular weight excluding hydrogens is 446 g/mol. The van der Waals surface area contributed by atoms with Gasteiger partial charge in [0.15, 0.2) is 0 Å². The third-order valence-corrected chi connectivity index (χ3v) is 7.74. The van der Waals surface area contributed by atoms with Crippen molar-refractivity contribution >= 4 is 54.1 Å². The lowest BCUT2D eigenvalue weighted by Crippen LogP contribution is -1.95. The maximum absolute atomic E-state index is 2.47. The van der Waals surface area contributed by atoms with Crippen molar-refractivity contribution in [3.05, 3.63) is 140 Å². The molecular formula is C36H23N. The molecule has 1 aromatic heterocycles. The van der Waals surface area contributed by atoms with E-state index in [4.69, 9.17) is 0 Å². The number of benzene rings is 7. The minimum absolute atomic E-state index is 1.18. The predicted molar refractivity (Wildman–Crippen MR) is 159 cm³/mol. The molecule has 0 aliphatic heterocycles. The Bertz CT molecular complexity index is 2130. The lowest BCUT2D eigenvalue weighted by Gasteiger charge is -2.14. The highest BCUT2D eigenvalue weighted by Crippen LogP contribution is 2.44. The molecule has 0 saturated carbocycles. The van der Waals surface area contributed by atoms with Gasteiger partial charge in [-0.25, -0.2) is 0 Å². The number of nitrogens with zero attached hydrogens (tertiary/aromatic N) is 1. The second kappa shape index (κ2) is 7.81. The van der Waals surface area contributed by atoms with Crippen LogP contribution >= 0.6 is 0 Å². The van der Waals surface area contributed by atoms with Crippen molar-refractivity contribution in [3.8, 4) is 16.8 Å². The molecule has 0 bridgehead atoms. The van der Waals surface area contributed by atoms with E-state index in [1.54, 1.807) is 0 Å². The largest absolute Gasteiger partial charge is 0.309 e. The van der Waals surface area contributed by atoms with E-state index in [-0.39, 0.29) is 0 Å². The molecule has 0 N–H and O–H groups in total. The van der Waals surface area contributed by atoms with E-state index in [2.05, 4.69) is 144 Å². The fourth-order valence-corrected chi connectivity index (χ4v) is 6.17. The van der Waals surface area contributed by atoms with Gasteiger partial charge in [0.05, 0.1) is 11.0 Å². The third kappa shape index (κ3) is 2.92. The van der Waals surface area contributed by atoms with Gasteiger partial charge in [-0.1, -0.05) is 121 Å². The zero-order valence-corrected chi connectivity index (χ0v) is 20.2. The first-order valence-electron chi connectivity index (χ1n) is 12.8. The van der Waals surface area contributed by atoms with Crippen LogP contribution < -0.4 is 0 Å². The fourth-order valence-electron chi connectivity index (χ4n) is 6.17. The highest BCUT2D eigenvalue weighted by molar-refractivity contribution is 6.35. The Kier molecular flexibility index (Phi) is 4.29. The lowest BCUT2D eigenvalue weighted by molar-refractivity contribution is 1.19. The topological polar surface area (TPSA) is 4.93 Å². The van der Waals surface area contributed by atoms with Crippen molar-refractivity contribution in [2.75, 3.05) is 0 Å². The molecule has 0 fully saturated rings. The van der Waals surface area contributed by atoms with E-state index >= 15 is 0 Å².